The SMILES string of the molecule is CC(N)C1(F)CCCSC1. The van der Waals surface area contributed by atoms with Gasteiger partial charge in [0.25, 0.3) is 0 Å². The number of alkyl halides is 1. The third kappa shape index (κ3) is 1.64. The van der Waals surface area contributed by atoms with Crippen LogP contribution in [0.5, 0.6) is 0 Å². The van der Waals surface area contributed by atoms with Gasteiger partial charge in [-0.3, -0.25) is 0 Å². The molecule has 0 aromatic carbocycles. The van der Waals surface area contributed by atoms with E-state index in [-0.39, 0.29) is 6.04 Å². The first-order valence-electron chi connectivity index (χ1n) is 3.67. The molecular weight excluding hydrogens is 149 g/mol. The van der Waals surface area contributed by atoms with E-state index in [4.69, 9.17) is 5.73 Å². The van der Waals surface area contributed by atoms with Crippen molar-refractivity contribution in [2.45, 2.75) is 31.5 Å². The van der Waals surface area contributed by atoms with E-state index >= 15 is 0 Å². The molecule has 1 aliphatic heterocycles. The van der Waals surface area contributed by atoms with E-state index in [9.17, 15) is 4.39 Å². The molecule has 60 valence electrons. The highest BCUT2D eigenvalue weighted by Crippen LogP contribution is 2.31. The van der Waals surface area contributed by atoms with Crippen LogP contribution in [-0.2, 0) is 0 Å². The summed E-state index contributed by atoms with van der Waals surface area (Å²) in [6, 6.07) is -0.305. The predicted octanol–water partition coefficient (Wildman–Crippen LogP) is 1.57. The van der Waals surface area contributed by atoms with Crippen LogP contribution >= 0.6 is 11.8 Å². The summed E-state index contributed by atoms with van der Waals surface area (Å²) in [5.74, 6) is 1.68. The number of hydrogen-bond acceptors (Lipinski definition) is 2. The van der Waals surface area contributed by atoms with Gasteiger partial charge >= 0.3 is 0 Å². The van der Waals surface area contributed by atoms with Crippen molar-refractivity contribution in [2.24, 2.45) is 5.73 Å². The van der Waals surface area contributed by atoms with Gasteiger partial charge in [-0.1, -0.05) is 0 Å². The van der Waals surface area contributed by atoms with Gasteiger partial charge in [-0.2, -0.15) is 11.8 Å². The van der Waals surface area contributed by atoms with Gasteiger partial charge in [0.05, 0.1) is 0 Å². The normalized spacial score (nSPS) is 37.5. The van der Waals surface area contributed by atoms with Gasteiger partial charge in [0, 0.05) is 11.8 Å². The number of halogens is 1. The van der Waals surface area contributed by atoms with Crippen molar-refractivity contribution in [2.75, 3.05) is 11.5 Å². The second-order valence-corrected chi connectivity index (χ2v) is 4.08. The zero-order valence-electron chi connectivity index (χ0n) is 6.27. The molecule has 10 heavy (non-hydrogen) atoms. The first-order valence-corrected chi connectivity index (χ1v) is 4.83. The molecular formula is C7H14FNS. The molecule has 0 spiro atoms. The molecule has 1 fully saturated rings. The molecule has 0 amide bonds. The summed E-state index contributed by atoms with van der Waals surface area (Å²) in [4.78, 5) is 0. The third-order valence-corrected chi connectivity index (χ3v) is 3.30. The summed E-state index contributed by atoms with van der Waals surface area (Å²) in [6.45, 7) is 1.76. The van der Waals surface area contributed by atoms with Gasteiger partial charge in [-0.15, -0.1) is 0 Å². The summed E-state index contributed by atoms with van der Waals surface area (Å²) >= 11 is 1.68. The molecule has 1 saturated heterocycles. The fourth-order valence-corrected chi connectivity index (χ4v) is 2.38. The van der Waals surface area contributed by atoms with Crippen molar-refractivity contribution in [1.29, 1.82) is 0 Å². The van der Waals surface area contributed by atoms with Crippen molar-refractivity contribution >= 4 is 11.8 Å². The lowest BCUT2D eigenvalue weighted by Crippen LogP contribution is -2.46. The minimum absolute atomic E-state index is 0.305. The van der Waals surface area contributed by atoms with Gasteiger partial charge in [0.2, 0.25) is 0 Å². The van der Waals surface area contributed by atoms with Crippen LogP contribution in [0.3, 0.4) is 0 Å². The maximum atomic E-state index is 13.5. The van der Waals surface area contributed by atoms with Crippen LogP contribution in [0.1, 0.15) is 19.8 Å². The lowest BCUT2D eigenvalue weighted by atomic mass is 9.95. The van der Waals surface area contributed by atoms with Crippen molar-refractivity contribution < 1.29 is 4.39 Å². The van der Waals surface area contributed by atoms with E-state index in [1.165, 1.54) is 0 Å². The first-order chi connectivity index (χ1) is 4.65. The molecule has 0 aromatic heterocycles. The van der Waals surface area contributed by atoms with Crippen molar-refractivity contribution in [3.05, 3.63) is 0 Å². The van der Waals surface area contributed by atoms with Crippen LogP contribution < -0.4 is 5.73 Å². The second kappa shape index (κ2) is 3.09. The second-order valence-electron chi connectivity index (χ2n) is 2.98. The summed E-state index contributed by atoms with van der Waals surface area (Å²) in [7, 11) is 0. The van der Waals surface area contributed by atoms with E-state index in [1.807, 2.05) is 0 Å². The van der Waals surface area contributed by atoms with E-state index in [0.29, 0.717) is 12.2 Å². The fraction of sp³-hybridized carbons (Fsp3) is 1.00. The fourth-order valence-electron chi connectivity index (χ4n) is 1.14. The molecule has 0 aromatic rings. The lowest BCUT2D eigenvalue weighted by molar-refractivity contribution is 0.145. The summed E-state index contributed by atoms with van der Waals surface area (Å²) < 4.78 is 13.5. The Bertz CT molecular complexity index is 110. The molecule has 0 bridgehead atoms. The number of nitrogens with two attached hydrogens (primary N) is 1. The predicted molar refractivity (Wildman–Crippen MR) is 44.0 cm³/mol. The Hall–Kier alpha value is 0.240. The number of thioether (sulfide) groups is 1. The van der Waals surface area contributed by atoms with Crippen LogP contribution in [0.15, 0.2) is 0 Å². The van der Waals surface area contributed by atoms with Crippen molar-refractivity contribution in [3.8, 4) is 0 Å². The average molecular weight is 163 g/mol. The minimum Gasteiger partial charge on any atom is -0.325 e. The van der Waals surface area contributed by atoms with Crippen LogP contribution in [0, 0.1) is 0 Å². The smallest absolute Gasteiger partial charge is 0.134 e. The standard InChI is InChI=1S/C7H14FNS/c1-6(9)7(8)3-2-4-10-5-7/h6H,2-5,9H2,1H3. The van der Waals surface area contributed by atoms with Crippen molar-refractivity contribution in [3.63, 3.8) is 0 Å². The first kappa shape index (κ1) is 8.34. The molecule has 1 aliphatic rings. The van der Waals surface area contributed by atoms with Crippen LogP contribution in [-0.4, -0.2) is 23.2 Å². The summed E-state index contributed by atoms with van der Waals surface area (Å²) in [5.41, 5.74) is 4.43. The van der Waals surface area contributed by atoms with Crippen LogP contribution in [0.2, 0.25) is 0 Å². The van der Waals surface area contributed by atoms with E-state index in [2.05, 4.69) is 0 Å². The molecule has 0 radical (unpaired) electrons. The van der Waals surface area contributed by atoms with E-state index in [1.54, 1.807) is 18.7 Å². The zero-order chi connectivity index (χ0) is 7.61. The summed E-state index contributed by atoms with van der Waals surface area (Å²) in [6.07, 6.45) is 1.63. The van der Waals surface area contributed by atoms with Crippen molar-refractivity contribution in [1.82, 2.24) is 0 Å². The Morgan fingerprint density at radius 2 is 2.40 bits per heavy atom. The molecule has 0 aliphatic carbocycles. The molecule has 1 rings (SSSR count). The Balaban J connectivity index is 2.48. The quantitative estimate of drug-likeness (QED) is 0.635. The zero-order valence-corrected chi connectivity index (χ0v) is 7.09. The van der Waals surface area contributed by atoms with Crippen LogP contribution in [0.4, 0.5) is 4.39 Å². The Morgan fingerprint density at radius 3 is 2.70 bits per heavy atom. The van der Waals surface area contributed by atoms with E-state index in [0.717, 1.165) is 12.2 Å². The monoisotopic (exact) mass is 163 g/mol. The van der Waals surface area contributed by atoms with Gasteiger partial charge < -0.3 is 5.73 Å². The Morgan fingerprint density at radius 1 is 1.70 bits per heavy atom. The Kier molecular flexibility index (Phi) is 2.58. The van der Waals surface area contributed by atoms with Gasteiger partial charge in [-0.25, -0.2) is 4.39 Å². The highest BCUT2D eigenvalue weighted by molar-refractivity contribution is 7.99. The summed E-state index contributed by atoms with van der Waals surface area (Å²) in [5, 5.41) is 0. The average Bonchev–Trinajstić information content (AvgIpc) is 1.89. The molecule has 1 nitrogen and oxygen atoms in total. The lowest BCUT2D eigenvalue weighted by Gasteiger charge is -2.32. The molecule has 3 heteroatoms. The number of rotatable bonds is 1. The van der Waals surface area contributed by atoms with Gasteiger partial charge in [0.15, 0.2) is 0 Å². The molecule has 2 unspecified atom stereocenters. The molecule has 0 saturated carbocycles. The maximum Gasteiger partial charge on any atom is 0.134 e. The highest BCUT2D eigenvalue weighted by Gasteiger charge is 2.35. The largest absolute Gasteiger partial charge is 0.325 e. The molecule has 2 N–H and O–H groups in total. The van der Waals surface area contributed by atoms with Gasteiger partial charge in [-0.05, 0) is 25.5 Å². The topological polar surface area (TPSA) is 26.0 Å². The molecule has 2 atom stereocenters. The maximum absolute atomic E-state index is 13.5. The van der Waals surface area contributed by atoms with E-state index < -0.39 is 5.67 Å². The highest BCUT2D eigenvalue weighted by atomic mass is 32.2. The third-order valence-electron chi connectivity index (χ3n) is 2.04. The number of hydrogen-bond donors (Lipinski definition) is 1. The minimum atomic E-state index is -1.08. The van der Waals surface area contributed by atoms with Gasteiger partial charge in [0.1, 0.15) is 5.67 Å². The van der Waals surface area contributed by atoms with Crippen LogP contribution in [0.25, 0.3) is 0 Å². The Labute approximate surface area is 65.6 Å². The molecule has 1 heterocycles.